The van der Waals surface area contributed by atoms with Gasteiger partial charge in [0.05, 0.1) is 5.75 Å². The molecule has 1 amide bonds. The van der Waals surface area contributed by atoms with Crippen molar-refractivity contribution in [3.05, 3.63) is 35.9 Å². The first-order valence-electron chi connectivity index (χ1n) is 7.22. The van der Waals surface area contributed by atoms with E-state index in [4.69, 9.17) is 0 Å². The molecule has 1 atom stereocenters. The van der Waals surface area contributed by atoms with Gasteiger partial charge in [0.2, 0.25) is 15.9 Å². The number of amides is 1. The van der Waals surface area contributed by atoms with Crippen molar-refractivity contribution in [3.63, 3.8) is 0 Å². The highest BCUT2D eigenvalue weighted by molar-refractivity contribution is 7.88. The maximum atomic E-state index is 12.4. The molecule has 1 N–H and O–H groups in total. The molecule has 1 aromatic rings. The van der Waals surface area contributed by atoms with E-state index in [0.29, 0.717) is 19.5 Å². The number of rotatable bonds is 5. The van der Waals surface area contributed by atoms with E-state index in [0.717, 1.165) is 18.4 Å². The minimum Gasteiger partial charge on any atom is -0.356 e. The van der Waals surface area contributed by atoms with Crippen molar-refractivity contribution in [1.29, 1.82) is 0 Å². The van der Waals surface area contributed by atoms with Crippen molar-refractivity contribution in [2.45, 2.75) is 25.0 Å². The lowest BCUT2D eigenvalue weighted by atomic mass is 10.0. The van der Waals surface area contributed by atoms with Gasteiger partial charge in [-0.25, -0.2) is 12.7 Å². The monoisotopic (exact) mass is 310 g/mol. The summed E-state index contributed by atoms with van der Waals surface area (Å²) in [5, 5.41) is 2.82. The quantitative estimate of drug-likeness (QED) is 0.893. The number of sulfonamides is 1. The van der Waals surface area contributed by atoms with Crippen LogP contribution in [0.2, 0.25) is 0 Å². The van der Waals surface area contributed by atoms with Crippen LogP contribution < -0.4 is 5.32 Å². The zero-order chi connectivity index (χ0) is 15.3. The number of nitrogens with one attached hydrogen (secondary N) is 1. The maximum absolute atomic E-state index is 12.4. The minimum atomic E-state index is -3.31. The maximum Gasteiger partial charge on any atom is 0.220 e. The van der Waals surface area contributed by atoms with Crippen LogP contribution in [0, 0.1) is 5.92 Å². The van der Waals surface area contributed by atoms with Crippen LogP contribution >= 0.6 is 0 Å². The van der Waals surface area contributed by atoms with Gasteiger partial charge in [-0.15, -0.1) is 0 Å². The molecule has 21 heavy (non-hydrogen) atoms. The second kappa shape index (κ2) is 7.04. The summed E-state index contributed by atoms with van der Waals surface area (Å²) in [6, 6.07) is 9.19. The average molecular weight is 310 g/mol. The van der Waals surface area contributed by atoms with Crippen molar-refractivity contribution < 1.29 is 13.2 Å². The van der Waals surface area contributed by atoms with Gasteiger partial charge in [-0.1, -0.05) is 30.3 Å². The largest absolute Gasteiger partial charge is 0.356 e. The Balaban J connectivity index is 1.95. The molecular formula is C15H22N2O3S. The Bertz CT molecular complexity index is 572. The van der Waals surface area contributed by atoms with E-state index in [1.54, 1.807) is 7.05 Å². The standard InChI is InChI=1S/C15H22N2O3S/c1-17(11-13-7-8-15(18)16-10-9-13)21(19,20)12-14-5-3-2-4-6-14/h2-6,13H,7-12H2,1H3,(H,16,18)/t13-/m1/s1. The normalized spacial score (nSPS) is 20.1. The third-order valence-electron chi connectivity index (χ3n) is 3.84. The van der Waals surface area contributed by atoms with Crippen molar-refractivity contribution >= 4 is 15.9 Å². The molecule has 0 bridgehead atoms. The van der Waals surface area contributed by atoms with Crippen LogP contribution in [0.25, 0.3) is 0 Å². The molecular weight excluding hydrogens is 288 g/mol. The lowest BCUT2D eigenvalue weighted by Crippen LogP contribution is -2.33. The molecule has 0 spiro atoms. The van der Waals surface area contributed by atoms with E-state index in [2.05, 4.69) is 5.32 Å². The van der Waals surface area contributed by atoms with Crippen LogP contribution in [0.4, 0.5) is 0 Å². The van der Waals surface area contributed by atoms with Gasteiger partial charge in [0, 0.05) is 26.6 Å². The number of hydrogen-bond acceptors (Lipinski definition) is 3. The van der Waals surface area contributed by atoms with E-state index in [9.17, 15) is 13.2 Å². The zero-order valence-corrected chi connectivity index (χ0v) is 13.1. The number of carbonyl (C=O) groups is 1. The first-order chi connectivity index (χ1) is 9.97. The minimum absolute atomic E-state index is 0.0221. The Labute approximate surface area is 126 Å². The third kappa shape index (κ3) is 4.82. The highest BCUT2D eigenvalue weighted by atomic mass is 32.2. The molecule has 0 radical (unpaired) electrons. The van der Waals surface area contributed by atoms with Crippen LogP contribution in [0.1, 0.15) is 24.8 Å². The van der Waals surface area contributed by atoms with Crippen LogP contribution in [0.15, 0.2) is 30.3 Å². The molecule has 1 fully saturated rings. The summed E-state index contributed by atoms with van der Waals surface area (Å²) in [6.07, 6.45) is 2.06. The van der Waals surface area contributed by atoms with Crippen LogP contribution in [-0.4, -0.2) is 38.8 Å². The highest BCUT2D eigenvalue weighted by Crippen LogP contribution is 2.18. The van der Waals surface area contributed by atoms with Gasteiger partial charge in [-0.3, -0.25) is 4.79 Å². The molecule has 1 heterocycles. The van der Waals surface area contributed by atoms with Crippen LogP contribution in [-0.2, 0) is 20.6 Å². The molecule has 0 aromatic heterocycles. The smallest absolute Gasteiger partial charge is 0.220 e. The average Bonchev–Trinajstić information content (AvgIpc) is 2.64. The molecule has 1 aromatic carbocycles. The molecule has 2 rings (SSSR count). The number of nitrogens with zero attached hydrogens (tertiary/aromatic N) is 1. The van der Waals surface area contributed by atoms with E-state index in [1.165, 1.54) is 4.31 Å². The lowest BCUT2D eigenvalue weighted by molar-refractivity contribution is -0.120. The first kappa shape index (κ1) is 16.0. The Morgan fingerprint density at radius 2 is 1.95 bits per heavy atom. The Hall–Kier alpha value is -1.40. The Morgan fingerprint density at radius 3 is 2.67 bits per heavy atom. The van der Waals surface area contributed by atoms with Gasteiger partial charge in [0.1, 0.15) is 0 Å². The van der Waals surface area contributed by atoms with Gasteiger partial charge >= 0.3 is 0 Å². The number of benzene rings is 1. The SMILES string of the molecule is CN(C[C@H]1CCNC(=O)CC1)S(=O)(=O)Cc1ccccc1. The molecule has 1 saturated heterocycles. The zero-order valence-electron chi connectivity index (χ0n) is 12.3. The number of carbonyl (C=O) groups excluding carboxylic acids is 1. The van der Waals surface area contributed by atoms with E-state index in [-0.39, 0.29) is 17.6 Å². The van der Waals surface area contributed by atoms with Crippen molar-refractivity contribution in [2.75, 3.05) is 20.1 Å². The van der Waals surface area contributed by atoms with Gasteiger partial charge in [0.15, 0.2) is 0 Å². The lowest BCUT2D eigenvalue weighted by Gasteiger charge is -2.22. The Kier molecular flexibility index (Phi) is 5.36. The summed E-state index contributed by atoms with van der Waals surface area (Å²) >= 11 is 0. The molecule has 5 nitrogen and oxygen atoms in total. The molecule has 6 heteroatoms. The molecule has 0 unspecified atom stereocenters. The third-order valence-corrected chi connectivity index (χ3v) is 5.63. The highest BCUT2D eigenvalue weighted by Gasteiger charge is 2.24. The molecule has 116 valence electrons. The van der Waals surface area contributed by atoms with Gasteiger partial charge in [0.25, 0.3) is 0 Å². The fourth-order valence-electron chi connectivity index (χ4n) is 2.54. The number of hydrogen-bond donors (Lipinski definition) is 1. The summed E-state index contributed by atoms with van der Waals surface area (Å²) in [7, 11) is -1.69. The predicted molar refractivity (Wildman–Crippen MR) is 82.0 cm³/mol. The van der Waals surface area contributed by atoms with E-state index in [1.807, 2.05) is 30.3 Å². The van der Waals surface area contributed by atoms with Crippen LogP contribution in [0.5, 0.6) is 0 Å². The van der Waals surface area contributed by atoms with Gasteiger partial charge < -0.3 is 5.32 Å². The van der Waals surface area contributed by atoms with Crippen molar-refractivity contribution in [3.8, 4) is 0 Å². The summed E-state index contributed by atoms with van der Waals surface area (Å²) < 4.78 is 26.2. The molecule has 0 aliphatic carbocycles. The summed E-state index contributed by atoms with van der Waals surface area (Å²) in [4.78, 5) is 11.3. The fraction of sp³-hybridized carbons (Fsp3) is 0.533. The predicted octanol–water partition coefficient (Wildman–Crippen LogP) is 1.36. The fourth-order valence-corrected chi connectivity index (χ4v) is 3.81. The van der Waals surface area contributed by atoms with E-state index < -0.39 is 10.0 Å². The van der Waals surface area contributed by atoms with Crippen molar-refractivity contribution in [1.82, 2.24) is 9.62 Å². The summed E-state index contributed by atoms with van der Waals surface area (Å²) in [6.45, 7) is 1.11. The second-order valence-corrected chi connectivity index (χ2v) is 7.64. The summed E-state index contributed by atoms with van der Waals surface area (Å²) in [5.74, 6) is 0.320. The van der Waals surface area contributed by atoms with Gasteiger partial charge in [-0.2, -0.15) is 0 Å². The molecule has 1 aliphatic rings. The van der Waals surface area contributed by atoms with Gasteiger partial charge in [-0.05, 0) is 24.3 Å². The van der Waals surface area contributed by atoms with Crippen molar-refractivity contribution in [2.24, 2.45) is 5.92 Å². The Morgan fingerprint density at radius 1 is 1.24 bits per heavy atom. The molecule has 0 saturated carbocycles. The molecule has 1 aliphatic heterocycles. The summed E-state index contributed by atoms with van der Waals surface area (Å²) in [5.41, 5.74) is 0.794. The first-order valence-corrected chi connectivity index (χ1v) is 8.83. The van der Waals surface area contributed by atoms with Crippen LogP contribution in [0.3, 0.4) is 0 Å². The topological polar surface area (TPSA) is 66.5 Å². The van der Waals surface area contributed by atoms with E-state index >= 15 is 0 Å². The second-order valence-electron chi connectivity index (χ2n) is 5.57.